The molecule has 2 heterocycles. The molecule has 1 aliphatic heterocycles. The van der Waals surface area contributed by atoms with Crippen molar-refractivity contribution in [1.82, 2.24) is 4.98 Å². The molecule has 3 aromatic rings. The topological polar surface area (TPSA) is 86.8 Å². The molecule has 0 unspecified atom stereocenters. The van der Waals surface area contributed by atoms with Gasteiger partial charge >= 0.3 is 5.97 Å². The fraction of sp³-hybridized carbons (Fsp3) is 0.190. The number of ether oxygens (including phenoxy) is 3. The molecule has 0 radical (unpaired) electrons. The minimum absolute atomic E-state index is 0.152. The van der Waals surface area contributed by atoms with Gasteiger partial charge in [0, 0.05) is 22.7 Å². The molecule has 1 aliphatic rings. The van der Waals surface area contributed by atoms with Crippen LogP contribution in [0.25, 0.3) is 10.6 Å². The molecule has 7 nitrogen and oxygen atoms in total. The lowest BCUT2D eigenvalue weighted by Gasteiger charge is -2.13. The Hall–Kier alpha value is -3.39. The van der Waals surface area contributed by atoms with Crippen LogP contribution in [-0.2, 0) is 9.53 Å². The third kappa shape index (κ3) is 4.22. The number of esters is 1. The lowest BCUT2D eigenvalue weighted by atomic mass is 10.2. The molecule has 1 N–H and O–H groups in total. The molecule has 4 rings (SSSR count). The molecular weight excluding hydrogens is 392 g/mol. The highest BCUT2D eigenvalue weighted by Crippen LogP contribution is 2.34. The molecule has 1 amide bonds. The Balaban J connectivity index is 1.37. The van der Waals surface area contributed by atoms with Gasteiger partial charge in [0.25, 0.3) is 5.91 Å². The van der Waals surface area contributed by atoms with Crippen LogP contribution in [0.4, 0.5) is 5.69 Å². The molecule has 0 saturated heterocycles. The van der Waals surface area contributed by atoms with Crippen molar-refractivity contribution in [3.8, 4) is 22.1 Å². The zero-order valence-electron chi connectivity index (χ0n) is 15.8. The highest BCUT2D eigenvalue weighted by atomic mass is 32.1. The van der Waals surface area contributed by atoms with Gasteiger partial charge in [-0.05, 0) is 26.0 Å². The molecular formula is C21H18N2O5S. The van der Waals surface area contributed by atoms with Crippen molar-refractivity contribution in [1.29, 1.82) is 0 Å². The number of thiazole rings is 1. The molecule has 0 fully saturated rings. The maximum absolute atomic E-state index is 12.4. The summed E-state index contributed by atoms with van der Waals surface area (Å²) in [6.07, 6.45) is -0.988. The van der Waals surface area contributed by atoms with Crippen LogP contribution in [0.5, 0.6) is 11.5 Å². The standard InChI is InChI=1S/C21H18N2O5S/c1-12-3-5-14(6-4-12)20-23-16(10-29-20)21(25)28-13(2)19(24)22-15-7-8-17-18(9-15)27-11-26-17/h3-10,13H,11H2,1-2H3,(H,22,24)/t13-/m1/s1. The number of carbonyl (C=O) groups excluding carboxylic acids is 2. The van der Waals surface area contributed by atoms with E-state index in [2.05, 4.69) is 10.3 Å². The van der Waals surface area contributed by atoms with Crippen LogP contribution >= 0.6 is 11.3 Å². The third-order valence-corrected chi connectivity index (χ3v) is 5.20. The first kappa shape index (κ1) is 18.9. The number of hydrogen-bond acceptors (Lipinski definition) is 7. The number of aromatic nitrogens is 1. The molecule has 1 aromatic heterocycles. The van der Waals surface area contributed by atoms with Crippen molar-refractivity contribution < 1.29 is 23.8 Å². The predicted octanol–water partition coefficient (Wildman–Crippen LogP) is 4.03. The monoisotopic (exact) mass is 410 g/mol. The van der Waals surface area contributed by atoms with Crippen LogP contribution in [0.1, 0.15) is 23.0 Å². The van der Waals surface area contributed by atoms with Crippen LogP contribution in [0.3, 0.4) is 0 Å². The van der Waals surface area contributed by atoms with E-state index in [0.29, 0.717) is 17.2 Å². The van der Waals surface area contributed by atoms with Crippen molar-refractivity contribution in [2.24, 2.45) is 0 Å². The van der Waals surface area contributed by atoms with Gasteiger partial charge in [0.15, 0.2) is 23.3 Å². The van der Waals surface area contributed by atoms with Crippen molar-refractivity contribution in [3.63, 3.8) is 0 Å². The number of hydrogen-bond donors (Lipinski definition) is 1. The van der Waals surface area contributed by atoms with Crippen molar-refractivity contribution >= 4 is 28.9 Å². The van der Waals surface area contributed by atoms with E-state index in [1.54, 1.807) is 23.6 Å². The second kappa shape index (κ2) is 7.92. The minimum atomic E-state index is -0.988. The van der Waals surface area contributed by atoms with Gasteiger partial charge in [0.05, 0.1) is 0 Å². The molecule has 0 aliphatic carbocycles. The Labute approximate surface area is 171 Å². The van der Waals surface area contributed by atoms with Crippen LogP contribution in [0, 0.1) is 6.92 Å². The highest BCUT2D eigenvalue weighted by Gasteiger charge is 2.22. The van der Waals surface area contributed by atoms with Crippen LogP contribution in [0.15, 0.2) is 47.8 Å². The second-order valence-corrected chi connectivity index (χ2v) is 7.37. The van der Waals surface area contributed by atoms with Crippen molar-refractivity contribution in [3.05, 3.63) is 59.1 Å². The summed E-state index contributed by atoms with van der Waals surface area (Å²) in [6, 6.07) is 12.9. The Bertz CT molecular complexity index is 1060. The summed E-state index contributed by atoms with van der Waals surface area (Å²) in [4.78, 5) is 29.1. The molecule has 148 valence electrons. The van der Waals surface area contributed by atoms with E-state index in [1.807, 2.05) is 31.2 Å². The Morgan fingerprint density at radius 2 is 1.90 bits per heavy atom. The first-order valence-corrected chi connectivity index (χ1v) is 9.81. The third-order valence-electron chi connectivity index (χ3n) is 4.30. The van der Waals surface area contributed by atoms with Crippen LogP contribution in [-0.4, -0.2) is 29.8 Å². The lowest BCUT2D eigenvalue weighted by Crippen LogP contribution is -2.30. The average molecular weight is 410 g/mol. The van der Waals surface area contributed by atoms with E-state index in [-0.39, 0.29) is 12.5 Å². The van der Waals surface area contributed by atoms with Gasteiger partial charge in [-0.3, -0.25) is 4.79 Å². The molecule has 2 aromatic carbocycles. The number of rotatable bonds is 5. The van der Waals surface area contributed by atoms with Gasteiger partial charge in [0.2, 0.25) is 6.79 Å². The summed E-state index contributed by atoms with van der Waals surface area (Å²) in [6.45, 7) is 3.66. The molecule has 0 bridgehead atoms. The highest BCUT2D eigenvalue weighted by molar-refractivity contribution is 7.13. The smallest absolute Gasteiger partial charge is 0.358 e. The maximum Gasteiger partial charge on any atom is 0.358 e. The van der Waals surface area contributed by atoms with E-state index < -0.39 is 18.0 Å². The largest absolute Gasteiger partial charge is 0.454 e. The fourth-order valence-corrected chi connectivity index (χ4v) is 3.48. The quantitative estimate of drug-likeness (QED) is 0.639. The van der Waals surface area contributed by atoms with E-state index >= 15 is 0 Å². The average Bonchev–Trinajstić information content (AvgIpc) is 3.37. The number of nitrogens with zero attached hydrogens (tertiary/aromatic N) is 1. The van der Waals surface area contributed by atoms with E-state index in [4.69, 9.17) is 14.2 Å². The summed E-state index contributed by atoms with van der Waals surface area (Å²) in [5.74, 6) is 0.0769. The van der Waals surface area contributed by atoms with Gasteiger partial charge in [0.1, 0.15) is 5.01 Å². The summed E-state index contributed by atoms with van der Waals surface area (Å²) in [7, 11) is 0. The first-order valence-electron chi connectivity index (χ1n) is 8.93. The number of benzene rings is 2. The van der Waals surface area contributed by atoms with E-state index in [1.165, 1.54) is 18.3 Å². The second-order valence-electron chi connectivity index (χ2n) is 6.51. The Kier molecular flexibility index (Phi) is 5.18. The van der Waals surface area contributed by atoms with Gasteiger partial charge in [-0.15, -0.1) is 11.3 Å². The number of amides is 1. The Morgan fingerprint density at radius 1 is 1.14 bits per heavy atom. The number of carbonyl (C=O) groups is 2. The SMILES string of the molecule is Cc1ccc(-c2nc(C(=O)O[C@H](C)C(=O)Nc3ccc4c(c3)OCO4)cs2)cc1. The molecule has 1 atom stereocenters. The molecule has 0 saturated carbocycles. The normalized spacial score (nSPS) is 13.0. The lowest BCUT2D eigenvalue weighted by molar-refractivity contribution is -0.123. The molecule has 29 heavy (non-hydrogen) atoms. The van der Waals surface area contributed by atoms with E-state index in [0.717, 1.165) is 16.1 Å². The number of fused-ring (bicyclic) bond motifs is 1. The van der Waals surface area contributed by atoms with Crippen LogP contribution in [0.2, 0.25) is 0 Å². The number of aryl methyl sites for hydroxylation is 1. The van der Waals surface area contributed by atoms with Gasteiger partial charge < -0.3 is 19.5 Å². The zero-order valence-corrected chi connectivity index (χ0v) is 16.6. The van der Waals surface area contributed by atoms with Crippen molar-refractivity contribution in [2.75, 3.05) is 12.1 Å². The summed E-state index contributed by atoms with van der Waals surface area (Å²) < 4.78 is 15.8. The maximum atomic E-state index is 12.4. The predicted molar refractivity (Wildman–Crippen MR) is 108 cm³/mol. The van der Waals surface area contributed by atoms with Crippen LogP contribution < -0.4 is 14.8 Å². The fourth-order valence-electron chi connectivity index (χ4n) is 2.69. The number of anilines is 1. The zero-order chi connectivity index (χ0) is 20.4. The van der Waals surface area contributed by atoms with Gasteiger partial charge in [-0.2, -0.15) is 0 Å². The first-order chi connectivity index (χ1) is 14.0. The minimum Gasteiger partial charge on any atom is -0.454 e. The van der Waals surface area contributed by atoms with Gasteiger partial charge in [-0.1, -0.05) is 29.8 Å². The number of nitrogens with one attached hydrogen (secondary N) is 1. The van der Waals surface area contributed by atoms with Crippen molar-refractivity contribution in [2.45, 2.75) is 20.0 Å². The summed E-state index contributed by atoms with van der Waals surface area (Å²) in [5, 5.41) is 5.04. The summed E-state index contributed by atoms with van der Waals surface area (Å²) in [5.41, 5.74) is 2.77. The molecule has 0 spiro atoms. The Morgan fingerprint density at radius 3 is 2.69 bits per heavy atom. The molecule has 8 heteroatoms. The van der Waals surface area contributed by atoms with E-state index in [9.17, 15) is 9.59 Å². The van der Waals surface area contributed by atoms with Gasteiger partial charge in [-0.25, -0.2) is 9.78 Å². The summed E-state index contributed by atoms with van der Waals surface area (Å²) >= 11 is 1.35.